The summed E-state index contributed by atoms with van der Waals surface area (Å²) in [6, 6.07) is 6.29. The maximum Gasteiger partial charge on any atom is 0.257 e. The highest BCUT2D eigenvalue weighted by Crippen LogP contribution is 2.22. The number of benzene rings is 1. The summed E-state index contributed by atoms with van der Waals surface area (Å²) in [5.74, 6) is 0.284. The first kappa shape index (κ1) is 20.7. The first-order valence-corrected chi connectivity index (χ1v) is 10.6. The quantitative estimate of drug-likeness (QED) is 0.821. The molecular weight excluding hydrogens is 352 g/mol. The molecule has 0 bridgehead atoms. The number of nitrogens with one attached hydrogen (secondary N) is 1. The molecule has 1 heterocycles. The topological polar surface area (TPSA) is 75.7 Å². The lowest BCUT2D eigenvalue weighted by Crippen LogP contribution is -2.35. The summed E-state index contributed by atoms with van der Waals surface area (Å²) in [4.78, 5) is 12.1. The second kappa shape index (κ2) is 8.86. The van der Waals surface area contributed by atoms with Crippen LogP contribution in [0.1, 0.15) is 46.5 Å². The molecular formula is C19H30N2O4S. The molecule has 0 unspecified atom stereocenters. The van der Waals surface area contributed by atoms with Gasteiger partial charge in [0.1, 0.15) is 5.75 Å². The molecule has 1 N–H and O–H groups in total. The Kier molecular flexibility index (Phi) is 7.06. The van der Waals surface area contributed by atoms with E-state index in [1.54, 1.807) is 28.6 Å². The molecule has 0 spiro atoms. The lowest BCUT2D eigenvalue weighted by Gasteiger charge is -2.20. The third-order valence-electron chi connectivity index (χ3n) is 4.21. The number of nitrogens with zero attached hydrogens (tertiary/aromatic N) is 1. The number of carbonyl (C=O) groups excluding carboxylic acids is 1. The van der Waals surface area contributed by atoms with E-state index in [0.717, 1.165) is 25.7 Å². The molecule has 1 aromatic carbocycles. The van der Waals surface area contributed by atoms with Gasteiger partial charge in [-0.05, 0) is 42.5 Å². The lowest BCUT2D eigenvalue weighted by atomic mass is 9.97. The fraction of sp³-hybridized carbons (Fsp3) is 0.632. The fourth-order valence-corrected chi connectivity index (χ4v) is 4.22. The molecule has 1 amide bonds. The number of sulfonamides is 1. The first-order valence-electron chi connectivity index (χ1n) is 9.18. The molecule has 1 fully saturated rings. The number of carbonyl (C=O) groups is 1. The van der Waals surface area contributed by atoms with Gasteiger partial charge in [-0.2, -0.15) is 4.31 Å². The predicted octanol–water partition coefficient (Wildman–Crippen LogP) is 2.79. The van der Waals surface area contributed by atoms with Crippen LogP contribution >= 0.6 is 0 Å². The number of hydrogen-bond acceptors (Lipinski definition) is 4. The Morgan fingerprint density at radius 3 is 2.19 bits per heavy atom. The van der Waals surface area contributed by atoms with Crippen LogP contribution in [0.2, 0.25) is 0 Å². The van der Waals surface area contributed by atoms with Crippen LogP contribution in [0.5, 0.6) is 5.75 Å². The Labute approximate surface area is 157 Å². The zero-order chi connectivity index (χ0) is 19.2. The highest BCUT2D eigenvalue weighted by molar-refractivity contribution is 7.89. The Hall–Kier alpha value is -1.60. The normalized spacial score (nSPS) is 16.7. The van der Waals surface area contributed by atoms with Crippen molar-refractivity contribution in [2.45, 2.75) is 51.3 Å². The van der Waals surface area contributed by atoms with Crippen molar-refractivity contribution in [1.29, 1.82) is 0 Å². The van der Waals surface area contributed by atoms with Gasteiger partial charge in [0.15, 0.2) is 6.61 Å². The minimum absolute atomic E-state index is 0.0129. The van der Waals surface area contributed by atoms with E-state index in [0.29, 0.717) is 25.4 Å². The van der Waals surface area contributed by atoms with Crippen LogP contribution in [-0.4, -0.2) is 44.9 Å². The molecule has 0 radical (unpaired) electrons. The molecule has 0 aliphatic carbocycles. The van der Waals surface area contributed by atoms with Gasteiger partial charge >= 0.3 is 0 Å². The Bertz CT molecular complexity index is 685. The van der Waals surface area contributed by atoms with E-state index in [4.69, 9.17) is 4.74 Å². The van der Waals surface area contributed by atoms with Crippen molar-refractivity contribution in [3.05, 3.63) is 24.3 Å². The zero-order valence-electron chi connectivity index (χ0n) is 16.0. The van der Waals surface area contributed by atoms with Gasteiger partial charge in [0.05, 0.1) is 4.90 Å². The number of amides is 1. The SMILES string of the molecule is CC(C)(C)CNC(=O)COc1ccc(S(=O)(=O)N2CCCCCC2)cc1. The van der Waals surface area contributed by atoms with Crippen LogP contribution in [0.15, 0.2) is 29.2 Å². The summed E-state index contributed by atoms with van der Waals surface area (Å²) in [5, 5.41) is 2.81. The van der Waals surface area contributed by atoms with Crippen molar-refractivity contribution in [3.63, 3.8) is 0 Å². The smallest absolute Gasteiger partial charge is 0.257 e. The minimum atomic E-state index is -3.46. The average molecular weight is 383 g/mol. The van der Waals surface area contributed by atoms with Gasteiger partial charge in [0.25, 0.3) is 5.91 Å². The molecule has 0 atom stereocenters. The zero-order valence-corrected chi connectivity index (χ0v) is 16.8. The van der Waals surface area contributed by atoms with Crippen LogP contribution in [0.3, 0.4) is 0 Å². The summed E-state index contributed by atoms with van der Waals surface area (Å²) in [6.45, 7) is 7.76. The van der Waals surface area contributed by atoms with Crippen molar-refractivity contribution in [1.82, 2.24) is 9.62 Å². The molecule has 1 saturated heterocycles. The van der Waals surface area contributed by atoms with Gasteiger partial charge < -0.3 is 10.1 Å². The molecule has 6 nitrogen and oxygen atoms in total. The molecule has 26 heavy (non-hydrogen) atoms. The summed E-state index contributed by atoms with van der Waals surface area (Å²) < 4.78 is 32.4. The van der Waals surface area contributed by atoms with E-state index in [9.17, 15) is 13.2 Å². The first-order chi connectivity index (χ1) is 12.2. The maximum absolute atomic E-state index is 12.7. The number of ether oxygens (including phenoxy) is 1. The van der Waals surface area contributed by atoms with E-state index in [1.807, 2.05) is 20.8 Å². The van der Waals surface area contributed by atoms with E-state index >= 15 is 0 Å². The van der Waals surface area contributed by atoms with Crippen molar-refractivity contribution in [2.75, 3.05) is 26.2 Å². The van der Waals surface area contributed by atoms with Crippen molar-refractivity contribution in [2.24, 2.45) is 5.41 Å². The standard InChI is InChI=1S/C19H30N2O4S/c1-19(2,3)15-20-18(22)14-25-16-8-10-17(11-9-16)26(23,24)21-12-6-4-5-7-13-21/h8-11H,4-7,12-15H2,1-3H3,(H,20,22). The van der Waals surface area contributed by atoms with Crippen molar-refractivity contribution < 1.29 is 17.9 Å². The molecule has 1 aromatic rings. The van der Waals surface area contributed by atoms with Gasteiger partial charge in [-0.15, -0.1) is 0 Å². The molecule has 2 rings (SSSR count). The van der Waals surface area contributed by atoms with Crippen LogP contribution < -0.4 is 10.1 Å². The van der Waals surface area contributed by atoms with Crippen LogP contribution in [0, 0.1) is 5.41 Å². The Morgan fingerprint density at radius 2 is 1.65 bits per heavy atom. The molecule has 1 aliphatic heterocycles. The predicted molar refractivity (Wildman–Crippen MR) is 102 cm³/mol. The van der Waals surface area contributed by atoms with Gasteiger partial charge in [-0.25, -0.2) is 8.42 Å². The monoisotopic (exact) mass is 382 g/mol. The average Bonchev–Trinajstić information content (AvgIpc) is 2.88. The van der Waals surface area contributed by atoms with Crippen molar-refractivity contribution >= 4 is 15.9 Å². The molecule has 7 heteroatoms. The minimum Gasteiger partial charge on any atom is -0.484 e. The maximum atomic E-state index is 12.7. The van der Waals surface area contributed by atoms with Crippen LogP contribution in [-0.2, 0) is 14.8 Å². The largest absolute Gasteiger partial charge is 0.484 e. The van der Waals surface area contributed by atoms with E-state index in [-0.39, 0.29) is 22.8 Å². The molecule has 146 valence electrons. The van der Waals surface area contributed by atoms with Crippen LogP contribution in [0.25, 0.3) is 0 Å². The summed E-state index contributed by atoms with van der Waals surface area (Å²) in [6.07, 6.45) is 3.97. The highest BCUT2D eigenvalue weighted by Gasteiger charge is 2.25. The lowest BCUT2D eigenvalue weighted by molar-refractivity contribution is -0.123. The molecule has 1 aliphatic rings. The second-order valence-electron chi connectivity index (χ2n) is 7.92. The third-order valence-corrected chi connectivity index (χ3v) is 6.13. The number of rotatable bonds is 6. The summed E-state index contributed by atoms with van der Waals surface area (Å²) in [7, 11) is -3.46. The third kappa shape index (κ3) is 6.29. The van der Waals surface area contributed by atoms with E-state index in [1.165, 1.54) is 0 Å². The molecule has 0 saturated carbocycles. The van der Waals surface area contributed by atoms with Crippen LogP contribution in [0.4, 0.5) is 0 Å². The highest BCUT2D eigenvalue weighted by atomic mass is 32.2. The van der Waals surface area contributed by atoms with E-state index < -0.39 is 10.0 Å². The Morgan fingerprint density at radius 1 is 1.08 bits per heavy atom. The number of hydrogen-bond donors (Lipinski definition) is 1. The van der Waals surface area contributed by atoms with Gasteiger partial charge in [-0.3, -0.25) is 4.79 Å². The summed E-state index contributed by atoms with van der Waals surface area (Å²) >= 11 is 0. The summed E-state index contributed by atoms with van der Waals surface area (Å²) in [5.41, 5.74) is 0.0129. The van der Waals surface area contributed by atoms with E-state index in [2.05, 4.69) is 5.32 Å². The Balaban J connectivity index is 1.92. The second-order valence-corrected chi connectivity index (χ2v) is 9.85. The van der Waals surface area contributed by atoms with Gasteiger partial charge in [-0.1, -0.05) is 33.6 Å². The molecule has 0 aromatic heterocycles. The van der Waals surface area contributed by atoms with Gasteiger partial charge in [0.2, 0.25) is 10.0 Å². The van der Waals surface area contributed by atoms with Gasteiger partial charge in [0, 0.05) is 19.6 Å². The van der Waals surface area contributed by atoms with Crippen molar-refractivity contribution in [3.8, 4) is 5.75 Å². The fourth-order valence-electron chi connectivity index (χ4n) is 2.70.